The maximum atomic E-state index is 12.5. The van der Waals surface area contributed by atoms with Gasteiger partial charge in [-0.1, -0.05) is 29.8 Å². The Morgan fingerprint density at radius 3 is 2.78 bits per heavy atom. The van der Waals surface area contributed by atoms with Crippen molar-refractivity contribution >= 4 is 11.6 Å². The lowest BCUT2D eigenvalue weighted by molar-refractivity contribution is 0.0718. The highest BCUT2D eigenvalue weighted by Gasteiger charge is 2.19. The number of hydrogen-bond donors (Lipinski definition) is 1. The Morgan fingerprint density at radius 2 is 2.00 bits per heavy atom. The van der Waals surface area contributed by atoms with Crippen molar-refractivity contribution in [3.63, 3.8) is 0 Å². The van der Waals surface area contributed by atoms with Gasteiger partial charge in [-0.15, -0.1) is 0 Å². The molecule has 1 aliphatic heterocycles. The minimum absolute atomic E-state index is 0.0453. The molecule has 1 aromatic heterocycles. The molecule has 1 aliphatic rings. The minimum atomic E-state index is 0.0453. The number of amides is 1. The van der Waals surface area contributed by atoms with E-state index in [4.69, 9.17) is 0 Å². The van der Waals surface area contributed by atoms with Crippen molar-refractivity contribution in [2.45, 2.75) is 32.7 Å². The molecule has 4 nitrogen and oxygen atoms in total. The number of benzene rings is 1. The number of likely N-dealkylation sites (tertiary alicyclic amines) is 1. The van der Waals surface area contributed by atoms with Gasteiger partial charge >= 0.3 is 0 Å². The zero-order valence-corrected chi connectivity index (χ0v) is 13.6. The Balaban J connectivity index is 1.66. The number of carbonyl (C=O) groups excluding carboxylic acids is 1. The monoisotopic (exact) mass is 309 g/mol. The third-order valence-corrected chi connectivity index (χ3v) is 4.20. The molecule has 23 heavy (non-hydrogen) atoms. The van der Waals surface area contributed by atoms with Crippen molar-refractivity contribution in [1.29, 1.82) is 0 Å². The molecule has 0 aliphatic carbocycles. The van der Waals surface area contributed by atoms with E-state index in [2.05, 4.69) is 41.5 Å². The number of piperidine rings is 1. The van der Waals surface area contributed by atoms with Crippen molar-refractivity contribution in [1.82, 2.24) is 9.88 Å². The summed E-state index contributed by atoms with van der Waals surface area (Å²) in [5.41, 5.74) is 3.94. The van der Waals surface area contributed by atoms with Crippen LogP contribution in [0.5, 0.6) is 0 Å². The van der Waals surface area contributed by atoms with Crippen LogP contribution in [0.4, 0.5) is 5.69 Å². The summed E-state index contributed by atoms with van der Waals surface area (Å²) in [7, 11) is 0. The van der Waals surface area contributed by atoms with Gasteiger partial charge in [-0.05, 0) is 43.9 Å². The van der Waals surface area contributed by atoms with Crippen molar-refractivity contribution in [2.24, 2.45) is 0 Å². The molecule has 1 saturated heterocycles. The summed E-state index contributed by atoms with van der Waals surface area (Å²) < 4.78 is 0. The Hall–Kier alpha value is -2.36. The lowest BCUT2D eigenvalue weighted by Gasteiger charge is -2.26. The summed E-state index contributed by atoms with van der Waals surface area (Å²) in [4.78, 5) is 18.7. The maximum Gasteiger partial charge on any atom is 0.272 e. The van der Waals surface area contributed by atoms with E-state index >= 15 is 0 Å². The van der Waals surface area contributed by atoms with E-state index in [0.717, 1.165) is 38.2 Å². The van der Waals surface area contributed by atoms with Crippen molar-refractivity contribution in [2.75, 3.05) is 18.4 Å². The predicted molar refractivity (Wildman–Crippen MR) is 92.5 cm³/mol. The number of aromatic nitrogens is 1. The number of hydrogen-bond acceptors (Lipinski definition) is 3. The van der Waals surface area contributed by atoms with Gasteiger partial charge in [-0.2, -0.15) is 0 Å². The van der Waals surface area contributed by atoms with E-state index in [0.29, 0.717) is 5.69 Å². The largest absolute Gasteiger partial charge is 0.381 e. The van der Waals surface area contributed by atoms with Crippen LogP contribution < -0.4 is 5.32 Å². The molecule has 0 saturated carbocycles. The second-order valence-electron chi connectivity index (χ2n) is 6.13. The zero-order valence-electron chi connectivity index (χ0n) is 13.6. The molecule has 0 spiro atoms. The molecule has 2 heterocycles. The molecule has 1 amide bonds. The highest BCUT2D eigenvalue weighted by Crippen LogP contribution is 2.15. The van der Waals surface area contributed by atoms with E-state index in [1.54, 1.807) is 6.20 Å². The second-order valence-corrected chi connectivity index (χ2v) is 6.13. The van der Waals surface area contributed by atoms with E-state index in [1.165, 1.54) is 17.5 Å². The van der Waals surface area contributed by atoms with Gasteiger partial charge in [0.2, 0.25) is 0 Å². The lowest BCUT2D eigenvalue weighted by Crippen LogP contribution is -2.36. The molecule has 1 aromatic carbocycles. The number of nitrogens with zero attached hydrogens (tertiary/aromatic N) is 2. The maximum absolute atomic E-state index is 12.5. The number of pyridine rings is 1. The summed E-state index contributed by atoms with van der Waals surface area (Å²) >= 11 is 0. The van der Waals surface area contributed by atoms with Crippen LogP contribution >= 0.6 is 0 Å². The van der Waals surface area contributed by atoms with Gasteiger partial charge in [0, 0.05) is 31.5 Å². The number of rotatable bonds is 4. The molecule has 0 radical (unpaired) electrons. The van der Waals surface area contributed by atoms with Gasteiger partial charge in [0.05, 0.1) is 0 Å². The molecule has 120 valence electrons. The van der Waals surface area contributed by atoms with Crippen LogP contribution in [0.25, 0.3) is 0 Å². The van der Waals surface area contributed by atoms with Crippen LogP contribution in [0.1, 0.15) is 40.9 Å². The van der Waals surface area contributed by atoms with Gasteiger partial charge in [0.1, 0.15) is 5.69 Å². The fraction of sp³-hybridized carbons (Fsp3) is 0.368. The second kappa shape index (κ2) is 7.27. The van der Waals surface area contributed by atoms with Crippen LogP contribution in [0.15, 0.2) is 42.6 Å². The Labute approximate surface area is 137 Å². The highest BCUT2D eigenvalue weighted by molar-refractivity contribution is 5.93. The van der Waals surface area contributed by atoms with E-state index in [9.17, 15) is 4.79 Å². The number of nitrogens with one attached hydrogen (secondary N) is 1. The normalized spacial score (nSPS) is 14.6. The number of carbonyl (C=O) groups is 1. The van der Waals surface area contributed by atoms with Crippen LogP contribution in [-0.4, -0.2) is 28.9 Å². The molecule has 1 fully saturated rings. The molecule has 3 rings (SSSR count). The molecular weight excluding hydrogens is 286 g/mol. The first-order valence-electron chi connectivity index (χ1n) is 8.27. The fourth-order valence-corrected chi connectivity index (χ4v) is 2.94. The summed E-state index contributed by atoms with van der Waals surface area (Å²) in [6, 6.07) is 12.2. The van der Waals surface area contributed by atoms with E-state index < -0.39 is 0 Å². The van der Waals surface area contributed by atoms with Gasteiger partial charge in [-0.25, -0.2) is 0 Å². The van der Waals surface area contributed by atoms with Crippen LogP contribution in [0, 0.1) is 6.92 Å². The first-order chi connectivity index (χ1) is 11.2. The molecule has 4 heteroatoms. The fourth-order valence-electron chi connectivity index (χ4n) is 2.94. The van der Waals surface area contributed by atoms with Crippen molar-refractivity contribution < 1.29 is 4.79 Å². The summed E-state index contributed by atoms with van der Waals surface area (Å²) in [6.45, 7) is 4.53. The predicted octanol–water partition coefficient (Wildman–Crippen LogP) is 3.63. The van der Waals surface area contributed by atoms with Gasteiger partial charge in [-0.3, -0.25) is 9.78 Å². The average Bonchev–Trinajstić information content (AvgIpc) is 2.60. The van der Waals surface area contributed by atoms with Crippen LogP contribution in [0.3, 0.4) is 0 Å². The zero-order chi connectivity index (χ0) is 16.1. The van der Waals surface area contributed by atoms with Gasteiger partial charge in [0.15, 0.2) is 0 Å². The smallest absolute Gasteiger partial charge is 0.272 e. The standard InChI is InChI=1S/C19H23N3O/c1-15-6-5-7-16(12-15)14-21-17-8-9-20-18(13-17)19(23)22-10-3-2-4-11-22/h5-9,12-13H,2-4,10-11,14H2,1H3,(H,20,21). The summed E-state index contributed by atoms with van der Waals surface area (Å²) in [6.07, 6.45) is 5.11. The highest BCUT2D eigenvalue weighted by atomic mass is 16.2. The van der Waals surface area contributed by atoms with Crippen molar-refractivity contribution in [3.05, 3.63) is 59.4 Å². The first-order valence-corrected chi connectivity index (χ1v) is 8.27. The van der Waals surface area contributed by atoms with Gasteiger partial charge in [0.25, 0.3) is 5.91 Å². The van der Waals surface area contributed by atoms with E-state index in [-0.39, 0.29) is 5.91 Å². The lowest BCUT2D eigenvalue weighted by atomic mass is 10.1. The van der Waals surface area contributed by atoms with E-state index in [1.807, 2.05) is 17.0 Å². The average molecular weight is 309 g/mol. The Morgan fingerprint density at radius 1 is 1.17 bits per heavy atom. The molecule has 1 N–H and O–H groups in total. The molecule has 2 aromatic rings. The summed E-state index contributed by atoms with van der Waals surface area (Å²) in [5, 5.41) is 3.38. The topological polar surface area (TPSA) is 45.2 Å². The first kappa shape index (κ1) is 15.5. The molecule has 0 bridgehead atoms. The third-order valence-electron chi connectivity index (χ3n) is 4.20. The van der Waals surface area contributed by atoms with Crippen molar-refractivity contribution in [3.8, 4) is 0 Å². The Bertz CT molecular complexity index is 678. The van der Waals surface area contributed by atoms with Crippen LogP contribution in [-0.2, 0) is 6.54 Å². The number of aryl methyl sites for hydroxylation is 1. The minimum Gasteiger partial charge on any atom is -0.381 e. The van der Waals surface area contributed by atoms with Gasteiger partial charge < -0.3 is 10.2 Å². The number of anilines is 1. The molecule has 0 atom stereocenters. The SMILES string of the molecule is Cc1cccc(CNc2ccnc(C(=O)N3CCCCC3)c2)c1. The Kier molecular flexibility index (Phi) is 4.91. The molecular formula is C19H23N3O. The molecule has 0 unspecified atom stereocenters. The summed E-state index contributed by atoms with van der Waals surface area (Å²) in [5.74, 6) is 0.0453. The van der Waals surface area contributed by atoms with Crippen LogP contribution in [0.2, 0.25) is 0 Å². The third kappa shape index (κ3) is 4.09. The quantitative estimate of drug-likeness (QED) is 0.938.